The van der Waals surface area contributed by atoms with Crippen LogP contribution in [0.15, 0.2) is 15.9 Å². The lowest BCUT2D eigenvalue weighted by atomic mass is 10.3. The molecule has 1 amide bonds. The molecule has 1 aromatic heterocycles. The fourth-order valence-electron chi connectivity index (χ4n) is 1.04. The molecule has 0 aliphatic carbocycles. The first-order valence-corrected chi connectivity index (χ1v) is 5.92. The molecule has 78 valence electrons. The average Bonchev–Trinajstić information content (AvgIpc) is 2.59. The number of thiophene rings is 1. The lowest BCUT2D eigenvalue weighted by Gasteiger charge is -2.14. The van der Waals surface area contributed by atoms with E-state index in [1.54, 1.807) is 23.3 Å². The highest BCUT2D eigenvalue weighted by Crippen LogP contribution is 2.22. The zero-order chi connectivity index (χ0) is 10.6. The van der Waals surface area contributed by atoms with Crippen LogP contribution >= 0.6 is 27.3 Å². The summed E-state index contributed by atoms with van der Waals surface area (Å²) in [6, 6.07) is 4.08. The normalized spacial score (nSPS) is 10.2. The van der Waals surface area contributed by atoms with Gasteiger partial charge in [-0.1, -0.05) is 0 Å². The van der Waals surface area contributed by atoms with Crippen molar-refractivity contribution in [3.8, 4) is 0 Å². The van der Waals surface area contributed by atoms with Crippen LogP contribution in [0.5, 0.6) is 0 Å². The van der Waals surface area contributed by atoms with Crippen LogP contribution in [0.3, 0.4) is 0 Å². The van der Waals surface area contributed by atoms with Crippen LogP contribution in [-0.4, -0.2) is 30.9 Å². The number of hydrogen-bond acceptors (Lipinski definition) is 3. The van der Waals surface area contributed by atoms with Gasteiger partial charge in [0.2, 0.25) is 5.91 Å². The van der Waals surface area contributed by atoms with Gasteiger partial charge < -0.3 is 10.6 Å². The molecular formula is C9H13BrN2OS. The van der Waals surface area contributed by atoms with Crippen molar-refractivity contribution in [3.05, 3.63) is 20.8 Å². The summed E-state index contributed by atoms with van der Waals surface area (Å²) in [6.07, 6.45) is 0.887. The molecule has 0 spiro atoms. The first-order chi connectivity index (χ1) is 6.63. The highest BCUT2D eigenvalue weighted by atomic mass is 79.9. The summed E-state index contributed by atoms with van der Waals surface area (Å²) >= 11 is 5.10. The number of hydrogen-bond donors (Lipinski definition) is 1. The van der Waals surface area contributed by atoms with Gasteiger partial charge in [0.1, 0.15) is 0 Å². The van der Waals surface area contributed by atoms with Crippen molar-refractivity contribution in [3.63, 3.8) is 0 Å². The van der Waals surface area contributed by atoms with E-state index >= 15 is 0 Å². The second kappa shape index (κ2) is 5.48. The van der Waals surface area contributed by atoms with Crippen molar-refractivity contribution in [2.75, 3.05) is 20.1 Å². The van der Waals surface area contributed by atoms with E-state index in [9.17, 15) is 4.79 Å². The van der Waals surface area contributed by atoms with E-state index in [1.807, 2.05) is 6.07 Å². The summed E-state index contributed by atoms with van der Waals surface area (Å²) in [5.41, 5.74) is 5.25. The van der Waals surface area contributed by atoms with Gasteiger partial charge in [-0.3, -0.25) is 4.79 Å². The van der Waals surface area contributed by atoms with Crippen LogP contribution in [0.25, 0.3) is 0 Å². The number of nitrogens with two attached hydrogens (primary N) is 1. The smallest absolute Gasteiger partial charge is 0.236 e. The molecule has 0 saturated carbocycles. The molecule has 0 unspecified atom stereocenters. The van der Waals surface area contributed by atoms with E-state index < -0.39 is 0 Å². The third kappa shape index (κ3) is 3.40. The topological polar surface area (TPSA) is 46.3 Å². The van der Waals surface area contributed by atoms with Crippen LogP contribution in [0, 0.1) is 0 Å². The first kappa shape index (κ1) is 11.7. The Bertz CT molecular complexity index is 314. The maximum absolute atomic E-state index is 11.1. The predicted octanol–water partition coefficient (Wildman–Crippen LogP) is 1.47. The number of amides is 1. The van der Waals surface area contributed by atoms with Crippen LogP contribution in [0.1, 0.15) is 4.88 Å². The molecule has 0 fully saturated rings. The molecule has 0 aliphatic heterocycles. The SMILES string of the molecule is CN(CCc1ccc(Br)s1)C(=O)CN. The van der Waals surface area contributed by atoms with Gasteiger partial charge in [-0.15, -0.1) is 11.3 Å². The van der Waals surface area contributed by atoms with Crippen LogP contribution < -0.4 is 5.73 Å². The fourth-order valence-corrected chi connectivity index (χ4v) is 2.52. The Balaban J connectivity index is 2.37. The van der Waals surface area contributed by atoms with Crippen LogP contribution in [0.4, 0.5) is 0 Å². The van der Waals surface area contributed by atoms with E-state index in [0.29, 0.717) is 0 Å². The summed E-state index contributed by atoms with van der Waals surface area (Å²) in [7, 11) is 1.78. The van der Waals surface area contributed by atoms with E-state index in [2.05, 4.69) is 22.0 Å². The molecule has 0 saturated heterocycles. The number of carbonyl (C=O) groups is 1. The molecule has 0 aromatic carbocycles. The van der Waals surface area contributed by atoms with Gasteiger partial charge in [0.15, 0.2) is 0 Å². The van der Waals surface area contributed by atoms with Crippen molar-refractivity contribution in [1.82, 2.24) is 4.90 Å². The highest BCUT2D eigenvalue weighted by Gasteiger charge is 2.06. The quantitative estimate of drug-likeness (QED) is 0.906. The van der Waals surface area contributed by atoms with Gasteiger partial charge in [0.05, 0.1) is 10.3 Å². The Hall–Kier alpha value is -0.390. The molecule has 3 nitrogen and oxygen atoms in total. The third-order valence-corrected chi connectivity index (χ3v) is 3.61. The fraction of sp³-hybridized carbons (Fsp3) is 0.444. The molecule has 0 atom stereocenters. The van der Waals surface area contributed by atoms with Gasteiger partial charge >= 0.3 is 0 Å². The molecule has 0 bridgehead atoms. The lowest BCUT2D eigenvalue weighted by molar-refractivity contribution is -0.128. The highest BCUT2D eigenvalue weighted by molar-refractivity contribution is 9.11. The van der Waals surface area contributed by atoms with Crippen LogP contribution in [-0.2, 0) is 11.2 Å². The molecule has 1 heterocycles. The Morgan fingerprint density at radius 2 is 2.36 bits per heavy atom. The summed E-state index contributed by atoms with van der Waals surface area (Å²) in [5.74, 6) is -0.0133. The van der Waals surface area contributed by atoms with Crippen molar-refractivity contribution in [2.24, 2.45) is 5.73 Å². The van der Waals surface area contributed by atoms with E-state index in [4.69, 9.17) is 5.73 Å². The maximum atomic E-state index is 11.1. The number of carbonyl (C=O) groups excluding carboxylic acids is 1. The third-order valence-electron chi connectivity index (χ3n) is 1.92. The molecule has 5 heteroatoms. The number of nitrogens with zero attached hydrogens (tertiary/aromatic N) is 1. The Morgan fingerprint density at radius 3 is 2.86 bits per heavy atom. The first-order valence-electron chi connectivity index (χ1n) is 4.31. The molecule has 0 aliphatic rings. The van der Waals surface area contributed by atoms with Gasteiger partial charge in [-0.2, -0.15) is 0 Å². The summed E-state index contributed by atoms with van der Waals surface area (Å²) in [4.78, 5) is 14.1. The molecule has 14 heavy (non-hydrogen) atoms. The zero-order valence-corrected chi connectivity index (χ0v) is 10.4. The molecule has 2 N–H and O–H groups in total. The average molecular weight is 277 g/mol. The minimum absolute atomic E-state index is 0.0133. The maximum Gasteiger partial charge on any atom is 0.236 e. The van der Waals surface area contributed by atoms with Crippen molar-refractivity contribution in [2.45, 2.75) is 6.42 Å². The van der Waals surface area contributed by atoms with Crippen molar-refractivity contribution >= 4 is 33.2 Å². The summed E-state index contributed by atoms with van der Waals surface area (Å²) in [5, 5.41) is 0. The Kier molecular flexibility index (Phi) is 4.57. The monoisotopic (exact) mass is 276 g/mol. The van der Waals surface area contributed by atoms with E-state index in [1.165, 1.54) is 4.88 Å². The lowest BCUT2D eigenvalue weighted by Crippen LogP contribution is -2.33. The Labute approximate surface area is 96.0 Å². The minimum Gasteiger partial charge on any atom is -0.344 e. The van der Waals surface area contributed by atoms with Gasteiger partial charge in [0.25, 0.3) is 0 Å². The second-order valence-electron chi connectivity index (χ2n) is 2.98. The molecule has 1 rings (SSSR count). The number of rotatable bonds is 4. The zero-order valence-electron chi connectivity index (χ0n) is 8.00. The van der Waals surface area contributed by atoms with Gasteiger partial charge in [-0.05, 0) is 34.5 Å². The molecular weight excluding hydrogens is 264 g/mol. The molecule has 1 aromatic rings. The van der Waals surface area contributed by atoms with Crippen LogP contribution in [0.2, 0.25) is 0 Å². The standard InChI is InChI=1S/C9H13BrN2OS/c1-12(9(13)6-11)5-4-7-2-3-8(10)14-7/h2-3H,4-6,11H2,1H3. The summed E-state index contributed by atoms with van der Waals surface area (Å²) < 4.78 is 1.13. The summed E-state index contributed by atoms with van der Waals surface area (Å²) in [6.45, 7) is 0.813. The number of halogens is 1. The van der Waals surface area contributed by atoms with E-state index in [-0.39, 0.29) is 12.5 Å². The van der Waals surface area contributed by atoms with Gasteiger partial charge in [-0.25, -0.2) is 0 Å². The van der Waals surface area contributed by atoms with Crippen molar-refractivity contribution in [1.29, 1.82) is 0 Å². The van der Waals surface area contributed by atoms with Gasteiger partial charge in [0, 0.05) is 18.5 Å². The second-order valence-corrected chi connectivity index (χ2v) is 5.52. The van der Waals surface area contributed by atoms with Crippen molar-refractivity contribution < 1.29 is 4.79 Å². The largest absolute Gasteiger partial charge is 0.344 e. The molecule has 0 radical (unpaired) electrons. The Morgan fingerprint density at radius 1 is 1.64 bits per heavy atom. The predicted molar refractivity (Wildman–Crippen MR) is 62.4 cm³/mol. The van der Waals surface area contributed by atoms with E-state index in [0.717, 1.165) is 16.8 Å². The number of likely N-dealkylation sites (N-methyl/N-ethyl adjacent to an activating group) is 1. The minimum atomic E-state index is -0.0133.